The number of aromatic nitrogens is 5. The highest BCUT2D eigenvalue weighted by atomic mass is 16.3. The van der Waals surface area contributed by atoms with Gasteiger partial charge >= 0.3 is 0 Å². The first kappa shape index (κ1) is 19.4. The number of H-pyrrole nitrogens is 1. The Kier molecular flexibility index (Phi) is 5.88. The molecule has 154 valence electrons. The number of aliphatic imine (C=N–C) groups is 1. The lowest BCUT2D eigenvalue weighted by Gasteiger charge is -2.18. The van der Waals surface area contributed by atoms with Crippen molar-refractivity contribution >= 4 is 5.96 Å². The molecular formula is C21H24N8O. The fourth-order valence-electron chi connectivity index (χ4n) is 3.06. The third-order valence-electron chi connectivity index (χ3n) is 4.64. The van der Waals surface area contributed by atoms with E-state index in [0.717, 1.165) is 23.0 Å². The number of rotatable bonds is 7. The van der Waals surface area contributed by atoms with Crippen LogP contribution in [0.4, 0.5) is 0 Å². The van der Waals surface area contributed by atoms with E-state index < -0.39 is 0 Å². The van der Waals surface area contributed by atoms with Crippen LogP contribution in [0.5, 0.6) is 0 Å². The maximum Gasteiger partial charge on any atom is 0.216 e. The second kappa shape index (κ2) is 9.08. The van der Waals surface area contributed by atoms with Crippen LogP contribution in [-0.4, -0.2) is 44.5 Å². The van der Waals surface area contributed by atoms with Gasteiger partial charge in [0, 0.05) is 32.4 Å². The van der Waals surface area contributed by atoms with E-state index in [4.69, 9.17) is 4.42 Å². The Morgan fingerprint density at radius 2 is 2.20 bits per heavy atom. The van der Waals surface area contributed by atoms with Gasteiger partial charge < -0.3 is 15.1 Å². The number of hydrogen-bond acceptors (Lipinski definition) is 5. The zero-order valence-electron chi connectivity index (χ0n) is 16.9. The molecule has 4 aromatic rings. The third-order valence-corrected chi connectivity index (χ3v) is 4.64. The molecule has 1 unspecified atom stereocenters. The standard InChI is InChI=1S/C21H24N8O/c1-15(16-6-3-7-17(14-16)29-12-5-10-24-29)25-21(22-2)23-11-9-19-26-20(28-27-19)18-8-4-13-30-18/h3-8,10,12-15H,9,11H2,1-2H3,(H2,22,23,25)(H,26,27,28). The zero-order valence-corrected chi connectivity index (χ0v) is 16.9. The Balaban J connectivity index is 1.31. The molecule has 0 aliphatic heterocycles. The van der Waals surface area contributed by atoms with Crippen LogP contribution >= 0.6 is 0 Å². The predicted octanol–water partition coefficient (Wildman–Crippen LogP) is 2.72. The van der Waals surface area contributed by atoms with Crippen molar-refractivity contribution in [3.8, 4) is 17.3 Å². The molecule has 0 fully saturated rings. The largest absolute Gasteiger partial charge is 0.461 e. The minimum atomic E-state index is 0.0718. The number of nitrogens with one attached hydrogen (secondary N) is 3. The van der Waals surface area contributed by atoms with Gasteiger partial charge in [-0.1, -0.05) is 12.1 Å². The van der Waals surface area contributed by atoms with Crippen LogP contribution < -0.4 is 10.6 Å². The summed E-state index contributed by atoms with van der Waals surface area (Å²) in [5.41, 5.74) is 2.16. The molecule has 0 saturated carbocycles. The van der Waals surface area contributed by atoms with Gasteiger partial charge in [-0.05, 0) is 42.8 Å². The average Bonchev–Trinajstić information content (AvgIpc) is 3.55. The van der Waals surface area contributed by atoms with Gasteiger partial charge in [-0.2, -0.15) is 10.2 Å². The molecule has 0 amide bonds. The van der Waals surface area contributed by atoms with E-state index in [-0.39, 0.29) is 6.04 Å². The van der Waals surface area contributed by atoms with Gasteiger partial charge in [0.25, 0.3) is 0 Å². The summed E-state index contributed by atoms with van der Waals surface area (Å²) in [4.78, 5) is 8.77. The van der Waals surface area contributed by atoms with E-state index in [1.165, 1.54) is 0 Å². The Hall–Kier alpha value is -3.88. The summed E-state index contributed by atoms with van der Waals surface area (Å²) in [5, 5.41) is 18.1. The maximum atomic E-state index is 5.32. The second-order valence-electron chi connectivity index (χ2n) is 6.74. The summed E-state index contributed by atoms with van der Waals surface area (Å²) in [5.74, 6) is 2.71. The fourth-order valence-corrected chi connectivity index (χ4v) is 3.06. The highest BCUT2D eigenvalue weighted by Crippen LogP contribution is 2.17. The summed E-state index contributed by atoms with van der Waals surface area (Å²) >= 11 is 0. The molecule has 9 nitrogen and oxygen atoms in total. The molecule has 30 heavy (non-hydrogen) atoms. The minimum absolute atomic E-state index is 0.0718. The quantitative estimate of drug-likeness (QED) is 0.323. The molecule has 1 atom stereocenters. The highest BCUT2D eigenvalue weighted by Gasteiger charge is 2.11. The van der Waals surface area contributed by atoms with E-state index in [2.05, 4.69) is 55.0 Å². The van der Waals surface area contributed by atoms with Crippen LogP contribution in [0.1, 0.15) is 24.4 Å². The second-order valence-corrected chi connectivity index (χ2v) is 6.74. The lowest BCUT2D eigenvalue weighted by atomic mass is 10.1. The molecule has 9 heteroatoms. The Morgan fingerprint density at radius 1 is 1.27 bits per heavy atom. The van der Waals surface area contributed by atoms with E-state index in [1.807, 2.05) is 41.2 Å². The smallest absolute Gasteiger partial charge is 0.216 e. The van der Waals surface area contributed by atoms with E-state index >= 15 is 0 Å². The lowest BCUT2D eigenvalue weighted by molar-refractivity contribution is 0.577. The Morgan fingerprint density at radius 3 is 2.97 bits per heavy atom. The third kappa shape index (κ3) is 4.57. The Labute approximate surface area is 174 Å². The maximum absolute atomic E-state index is 5.32. The normalized spacial score (nSPS) is 12.7. The highest BCUT2D eigenvalue weighted by molar-refractivity contribution is 5.80. The average molecular weight is 404 g/mol. The van der Waals surface area contributed by atoms with Crippen LogP contribution in [0, 0.1) is 0 Å². The molecule has 4 rings (SSSR count). The minimum Gasteiger partial charge on any atom is -0.461 e. The molecule has 3 aromatic heterocycles. The van der Waals surface area contributed by atoms with E-state index in [9.17, 15) is 0 Å². The molecule has 0 saturated heterocycles. The molecule has 3 N–H and O–H groups in total. The number of guanidine groups is 1. The first-order valence-electron chi connectivity index (χ1n) is 9.75. The van der Waals surface area contributed by atoms with E-state index in [1.54, 1.807) is 19.5 Å². The van der Waals surface area contributed by atoms with Crippen molar-refractivity contribution in [2.45, 2.75) is 19.4 Å². The summed E-state index contributed by atoms with van der Waals surface area (Å²) < 4.78 is 7.16. The van der Waals surface area contributed by atoms with Crippen molar-refractivity contribution in [1.29, 1.82) is 0 Å². The zero-order chi connectivity index (χ0) is 20.8. The van der Waals surface area contributed by atoms with E-state index in [0.29, 0.717) is 24.6 Å². The van der Waals surface area contributed by atoms with Crippen LogP contribution in [0.25, 0.3) is 17.3 Å². The molecule has 0 spiro atoms. The van der Waals surface area contributed by atoms with Gasteiger partial charge in [0.05, 0.1) is 18.0 Å². The number of furan rings is 1. The number of aromatic amines is 1. The van der Waals surface area contributed by atoms with Crippen molar-refractivity contribution < 1.29 is 4.42 Å². The van der Waals surface area contributed by atoms with Crippen LogP contribution in [0.2, 0.25) is 0 Å². The molecule has 0 bridgehead atoms. The van der Waals surface area contributed by atoms with Gasteiger partial charge in [0.2, 0.25) is 5.82 Å². The molecular weight excluding hydrogens is 380 g/mol. The molecule has 3 heterocycles. The Bertz CT molecular complexity index is 1080. The molecule has 1 aromatic carbocycles. The van der Waals surface area contributed by atoms with Crippen LogP contribution in [0.3, 0.4) is 0 Å². The lowest BCUT2D eigenvalue weighted by Crippen LogP contribution is -2.39. The number of nitrogens with zero attached hydrogens (tertiary/aromatic N) is 5. The monoisotopic (exact) mass is 404 g/mol. The summed E-state index contributed by atoms with van der Waals surface area (Å²) in [7, 11) is 1.76. The van der Waals surface area contributed by atoms with Crippen molar-refractivity contribution in [2.24, 2.45) is 4.99 Å². The summed E-state index contributed by atoms with van der Waals surface area (Å²) in [6.07, 6.45) is 5.98. The van der Waals surface area contributed by atoms with Gasteiger partial charge in [-0.15, -0.1) is 0 Å². The van der Waals surface area contributed by atoms with Crippen molar-refractivity contribution in [3.05, 3.63) is 72.5 Å². The molecule has 0 aliphatic carbocycles. The van der Waals surface area contributed by atoms with Crippen molar-refractivity contribution in [1.82, 2.24) is 35.6 Å². The molecule has 0 radical (unpaired) electrons. The predicted molar refractivity (Wildman–Crippen MR) is 114 cm³/mol. The summed E-state index contributed by atoms with van der Waals surface area (Å²) in [6, 6.07) is 13.9. The fraction of sp³-hybridized carbons (Fsp3) is 0.238. The SMILES string of the molecule is CN=C(NCCc1nc(-c2ccco2)n[nH]1)NC(C)c1cccc(-n2cccn2)c1. The number of hydrogen-bond donors (Lipinski definition) is 3. The van der Waals surface area contributed by atoms with Gasteiger partial charge in [-0.25, -0.2) is 9.67 Å². The first-order chi connectivity index (χ1) is 14.7. The number of benzene rings is 1. The van der Waals surface area contributed by atoms with Crippen LogP contribution in [0.15, 0.2) is 70.5 Å². The van der Waals surface area contributed by atoms with Crippen molar-refractivity contribution in [2.75, 3.05) is 13.6 Å². The first-order valence-corrected chi connectivity index (χ1v) is 9.75. The van der Waals surface area contributed by atoms with Gasteiger partial charge in [-0.3, -0.25) is 10.1 Å². The van der Waals surface area contributed by atoms with Crippen molar-refractivity contribution in [3.63, 3.8) is 0 Å². The summed E-state index contributed by atoms with van der Waals surface area (Å²) in [6.45, 7) is 2.76. The van der Waals surface area contributed by atoms with Gasteiger partial charge in [0.1, 0.15) is 5.82 Å². The van der Waals surface area contributed by atoms with Crippen LogP contribution in [-0.2, 0) is 6.42 Å². The molecule has 0 aliphatic rings. The topological polar surface area (TPSA) is 109 Å². The van der Waals surface area contributed by atoms with Gasteiger partial charge in [0.15, 0.2) is 11.7 Å².